The standard InChI is InChI=1S/C19H29IN2O5S/c1-17(2)12-5-6-18(17)11-28(24,25)22(15(18)9-12)16(23)21-14-4-3-13(20)10-19(14)26-7-8-27-19/h12-15H,3-11H2,1-2H3,(H,21,23)/t12-,13-,14+,15-,18-/m0/s1. The van der Waals surface area contributed by atoms with E-state index in [0.717, 1.165) is 32.1 Å². The van der Waals surface area contributed by atoms with Crippen molar-refractivity contribution >= 4 is 38.6 Å². The van der Waals surface area contributed by atoms with E-state index in [9.17, 15) is 13.2 Å². The Labute approximate surface area is 180 Å². The van der Waals surface area contributed by atoms with E-state index in [4.69, 9.17) is 9.47 Å². The summed E-state index contributed by atoms with van der Waals surface area (Å²) in [5.41, 5.74) is -0.344. The number of nitrogens with zero attached hydrogens (tertiary/aromatic N) is 1. The van der Waals surface area contributed by atoms with Gasteiger partial charge in [-0.15, -0.1) is 0 Å². The Hall–Kier alpha value is -0.130. The molecule has 5 rings (SSSR count). The molecule has 28 heavy (non-hydrogen) atoms. The Morgan fingerprint density at radius 3 is 2.57 bits per heavy atom. The number of hydrogen-bond acceptors (Lipinski definition) is 5. The van der Waals surface area contributed by atoms with Crippen LogP contribution in [0.1, 0.15) is 52.4 Å². The zero-order valence-electron chi connectivity index (χ0n) is 16.4. The van der Waals surface area contributed by atoms with Crippen LogP contribution in [-0.2, 0) is 19.5 Å². The van der Waals surface area contributed by atoms with Crippen molar-refractivity contribution in [3.05, 3.63) is 0 Å². The molecule has 2 amide bonds. The molecule has 2 spiro atoms. The van der Waals surface area contributed by atoms with Crippen LogP contribution < -0.4 is 5.32 Å². The highest BCUT2D eigenvalue weighted by molar-refractivity contribution is 14.1. The van der Waals surface area contributed by atoms with Gasteiger partial charge in [0.25, 0.3) is 0 Å². The van der Waals surface area contributed by atoms with Crippen LogP contribution in [0, 0.1) is 16.7 Å². The quantitative estimate of drug-likeness (QED) is 0.421. The number of fused-ring (bicyclic) bond motifs is 1. The number of alkyl halides is 1. The number of carbonyl (C=O) groups is 1. The smallest absolute Gasteiger partial charge is 0.331 e. The molecule has 1 N–H and O–H groups in total. The van der Waals surface area contributed by atoms with Crippen molar-refractivity contribution in [2.24, 2.45) is 16.7 Å². The van der Waals surface area contributed by atoms with Gasteiger partial charge < -0.3 is 14.8 Å². The largest absolute Gasteiger partial charge is 0.345 e. The summed E-state index contributed by atoms with van der Waals surface area (Å²) in [6, 6.07) is -1.01. The predicted octanol–water partition coefficient (Wildman–Crippen LogP) is 2.64. The first kappa shape index (κ1) is 19.8. The third-order valence-electron chi connectivity index (χ3n) is 8.49. The van der Waals surface area contributed by atoms with Crippen molar-refractivity contribution in [3.8, 4) is 0 Å². The highest BCUT2D eigenvalue weighted by Gasteiger charge is 2.72. The molecule has 9 heteroatoms. The van der Waals surface area contributed by atoms with E-state index in [1.165, 1.54) is 4.31 Å². The highest BCUT2D eigenvalue weighted by atomic mass is 127. The van der Waals surface area contributed by atoms with Crippen molar-refractivity contribution in [2.75, 3.05) is 19.0 Å². The average molecular weight is 524 g/mol. The molecule has 2 aliphatic heterocycles. The molecule has 2 heterocycles. The summed E-state index contributed by atoms with van der Waals surface area (Å²) in [5, 5.41) is 3.02. The Morgan fingerprint density at radius 1 is 1.18 bits per heavy atom. The van der Waals surface area contributed by atoms with Crippen LogP contribution in [-0.4, -0.2) is 59.5 Å². The van der Waals surface area contributed by atoms with E-state index in [0.29, 0.717) is 29.5 Å². The van der Waals surface area contributed by atoms with Gasteiger partial charge in [0.05, 0.1) is 31.1 Å². The molecule has 5 aliphatic rings. The lowest BCUT2D eigenvalue weighted by Gasteiger charge is -2.42. The van der Waals surface area contributed by atoms with E-state index in [1.54, 1.807) is 0 Å². The summed E-state index contributed by atoms with van der Waals surface area (Å²) >= 11 is 2.40. The first-order chi connectivity index (χ1) is 13.1. The zero-order valence-corrected chi connectivity index (χ0v) is 19.4. The average Bonchev–Trinajstić information content (AvgIpc) is 3.27. The van der Waals surface area contributed by atoms with Crippen LogP contribution in [0.15, 0.2) is 0 Å². The molecule has 0 aromatic heterocycles. The molecule has 158 valence electrons. The molecular weight excluding hydrogens is 495 g/mol. The molecule has 5 atom stereocenters. The fourth-order valence-corrected chi connectivity index (χ4v) is 10.3. The van der Waals surface area contributed by atoms with Gasteiger partial charge in [-0.3, -0.25) is 0 Å². The van der Waals surface area contributed by atoms with E-state index in [2.05, 4.69) is 41.8 Å². The number of ether oxygens (including phenoxy) is 2. The monoisotopic (exact) mass is 524 g/mol. The zero-order chi connectivity index (χ0) is 19.9. The van der Waals surface area contributed by atoms with Gasteiger partial charge in [-0.1, -0.05) is 36.4 Å². The van der Waals surface area contributed by atoms with Crippen LogP contribution in [0.4, 0.5) is 4.79 Å². The molecular formula is C19H29IN2O5S. The third-order valence-corrected chi connectivity index (χ3v) is 11.5. The Balaban J connectivity index is 1.41. The molecule has 3 aliphatic carbocycles. The lowest BCUT2D eigenvalue weighted by molar-refractivity contribution is -0.190. The van der Waals surface area contributed by atoms with Gasteiger partial charge in [0.1, 0.15) is 0 Å². The number of hydrogen-bond donors (Lipinski definition) is 1. The maximum Gasteiger partial charge on any atom is 0.331 e. The SMILES string of the molecule is CC1(C)[C@H]2CC[C@@]13CS(=O)(=O)N(C(=O)N[C@@H]1CC[C@H](I)CC14OCCO4)[C@H]3C2. The molecule has 0 aromatic carbocycles. The van der Waals surface area contributed by atoms with Crippen molar-refractivity contribution in [1.29, 1.82) is 0 Å². The molecule has 0 unspecified atom stereocenters. The second kappa shape index (κ2) is 6.20. The van der Waals surface area contributed by atoms with E-state index >= 15 is 0 Å². The minimum absolute atomic E-state index is 0.0437. The van der Waals surface area contributed by atoms with Crippen LogP contribution in [0.5, 0.6) is 0 Å². The van der Waals surface area contributed by atoms with Gasteiger partial charge in [-0.2, -0.15) is 0 Å². The molecule has 0 aromatic rings. The van der Waals surface area contributed by atoms with Crippen molar-refractivity contribution in [2.45, 2.75) is 74.2 Å². The predicted molar refractivity (Wildman–Crippen MR) is 112 cm³/mol. The molecule has 0 radical (unpaired) electrons. The fourth-order valence-electron chi connectivity index (χ4n) is 6.86. The summed E-state index contributed by atoms with van der Waals surface area (Å²) < 4.78 is 39.7. The van der Waals surface area contributed by atoms with Gasteiger partial charge in [-0.25, -0.2) is 17.5 Å². The van der Waals surface area contributed by atoms with Crippen LogP contribution in [0.25, 0.3) is 0 Å². The van der Waals surface area contributed by atoms with Gasteiger partial charge in [0.2, 0.25) is 10.0 Å². The Bertz CT molecular complexity index is 796. The van der Waals surface area contributed by atoms with Crippen LogP contribution in [0.2, 0.25) is 0 Å². The fraction of sp³-hybridized carbons (Fsp3) is 0.947. The van der Waals surface area contributed by atoms with Crippen LogP contribution >= 0.6 is 22.6 Å². The van der Waals surface area contributed by atoms with Gasteiger partial charge in [-0.05, 0) is 43.4 Å². The maximum atomic E-state index is 13.3. The number of carbonyl (C=O) groups excluding carboxylic acids is 1. The number of halogens is 1. The van der Waals surface area contributed by atoms with Gasteiger partial charge in [0, 0.05) is 15.8 Å². The number of urea groups is 1. The minimum Gasteiger partial charge on any atom is -0.345 e. The highest BCUT2D eigenvalue weighted by Crippen LogP contribution is 2.70. The minimum atomic E-state index is -3.62. The number of sulfonamides is 1. The molecule has 3 saturated carbocycles. The third kappa shape index (κ3) is 2.51. The molecule has 5 fully saturated rings. The number of rotatable bonds is 1. The first-order valence-electron chi connectivity index (χ1n) is 10.4. The van der Waals surface area contributed by atoms with E-state index in [1.807, 2.05) is 0 Å². The summed E-state index contributed by atoms with van der Waals surface area (Å²) in [4.78, 5) is 13.3. The number of amides is 2. The summed E-state index contributed by atoms with van der Waals surface area (Å²) in [6.07, 6.45) is 5.16. The molecule has 2 saturated heterocycles. The topological polar surface area (TPSA) is 84.9 Å². The normalized spacial score (nSPS) is 44.8. The lowest BCUT2D eigenvalue weighted by atomic mass is 9.69. The van der Waals surface area contributed by atoms with Gasteiger partial charge >= 0.3 is 6.03 Å². The molecule has 2 bridgehead atoms. The Morgan fingerprint density at radius 2 is 1.89 bits per heavy atom. The maximum absolute atomic E-state index is 13.3. The lowest BCUT2D eigenvalue weighted by Crippen LogP contribution is -2.60. The first-order valence-corrected chi connectivity index (χ1v) is 13.2. The second-order valence-electron chi connectivity index (χ2n) is 9.81. The van der Waals surface area contributed by atoms with E-state index in [-0.39, 0.29) is 28.7 Å². The van der Waals surface area contributed by atoms with Crippen LogP contribution in [0.3, 0.4) is 0 Å². The summed E-state index contributed by atoms with van der Waals surface area (Å²) in [5.74, 6) is -0.222. The Kier molecular flexibility index (Phi) is 4.38. The summed E-state index contributed by atoms with van der Waals surface area (Å²) in [7, 11) is -3.62. The number of nitrogens with one attached hydrogen (secondary N) is 1. The summed E-state index contributed by atoms with van der Waals surface area (Å²) in [6.45, 7) is 5.41. The van der Waals surface area contributed by atoms with Crippen molar-refractivity contribution in [3.63, 3.8) is 0 Å². The molecule has 7 nitrogen and oxygen atoms in total. The second-order valence-corrected chi connectivity index (χ2v) is 13.4. The van der Waals surface area contributed by atoms with Crippen molar-refractivity contribution in [1.82, 2.24) is 9.62 Å². The van der Waals surface area contributed by atoms with Crippen molar-refractivity contribution < 1.29 is 22.7 Å². The van der Waals surface area contributed by atoms with Gasteiger partial charge in [0.15, 0.2) is 5.79 Å². The van der Waals surface area contributed by atoms with E-state index < -0.39 is 21.8 Å².